The minimum Gasteiger partial charge on any atom is -0.457 e. The van der Waals surface area contributed by atoms with Crippen molar-refractivity contribution in [2.45, 2.75) is 46.0 Å². The lowest BCUT2D eigenvalue weighted by molar-refractivity contribution is -0.137. The van der Waals surface area contributed by atoms with Crippen LogP contribution in [0.4, 0.5) is 0 Å². The van der Waals surface area contributed by atoms with Crippen LogP contribution in [-0.2, 0) is 36.2 Å². The van der Waals surface area contributed by atoms with Gasteiger partial charge in [0.2, 0.25) is 0 Å². The molecule has 0 bridgehead atoms. The third kappa shape index (κ3) is 4.38. The second-order valence-corrected chi connectivity index (χ2v) is 7.96. The number of allylic oxidation sites excluding steroid dienone is 1. The standard InChI is InChI=1S/C24H25NO5/c1-15-11-19-21(16(9-10-24(2,3)29)12-25(4)22(19)27)20(15)23(28)30-14-18-8-6-5-7-17(18)13-26/h5-8,12,26,29H,11,13-14H2,1-4H3. The van der Waals surface area contributed by atoms with Gasteiger partial charge >= 0.3 is 5.97 Å². The third-order valence-electron chi connectivity index (χ3n) is 4.95. The summed E-state index contributed by atoms with van der Waals surface area (Å²) in [5, 5.41) is 19.4. The monoisotopic (exact) mass is 407 g/mol. The number of carbonyl (C=O) groups excluding carboxylic acids is 1. The first-order valence-electron chi connectivity index (χ1n) is 9.65. The van der Waals surface area contributed by atoms with E-state index in [4.69, 9.17) is 4.74 Å². The number of carbonyl (C=O) groups is 1. The van der Waals surface area contributed by atoms with Crippen molar-refractivity contribution >= 4 is 11.5 Å². The lowest BCUT2D eigenvalue weighted by Crippen LogP contribution is -2.23. The first kappa shape index (κ1) is 21.6. The zero-order chi connectivity index (χ0) is 22.1. The average Bonchev–Trinajstić information content (AvgIpc) is 3.05. The van der Waals surface area contributed by atoms with Crippen molar-refractivity contribution in [2.75, 3.05) is 0 Å². The normalized spacial score (nSPS) is 13.0. The molecule has 3 rings (SSSR count). The topological polar surface area (TPSA) is 88.8 Å². The highest BCUT2D eigenvalue weighted by Gasteiger charge is 2.31. The van der Waals surface area contributed by atoms with Crippen LogP contribution in [0.1, 0.15) is 48.6 Å². The van der Waals surface area contributed by atoms with E-state index in [1.165, 1.54) is 4.57 Å². The van der Waals surface area contributed by atoms with Gasteiger partial charge in [-0.1, -0.05) is 41.7 Å². The van der Waals surface area contributed by atoms with Gasteiger partial charge in [0.25, 0.3) is 5.56 Å². The molecular weight excluding hydrogens is 382 g/mol. The predicted molar refractivity (Wildman–Crippen MR) is 113 cm³/mol. The molecule has 1 heterocycles. The number of pyridine rings is 1. The Kier molecular flexibility index (Phi) is 5.97. The first-order valence-corrected chi connectivity index (χ1v) is 9.65. The van der Waals surface area contributed by atoms with E-state index in [1.54, 1.807) is 52.2 Å². The van der Waals surface area contributed by atoms with E-state index in [0.717, 1.165) is 11.1 Å². The molecular formula is C24H25NO5. The molecule has 0 amide bonds. The van der Waals surface area contributed by atoms with Crippen LogP contribution in [0, 0.1) is 11.8 Å². The maximum atomic E-state index is 13.0. The van der Waals surface area contributed by atoms with E-state index in [9.17, 15) is 19.8 Å². The van der Waals surface area contributed by atoms with Gasteiger partial charge in [-0.2, -0.15) is 0 Å². The van der Waals surface area contributed by atoms with Crippen molar-refractivity contribution in [3.63, 3.8) is 0 Å². The number of fused-ring (bicyclic) bond motifs is 1. The van der Waals surface area contributed by atoms with Crippen molar-refractivity contribution in [1.82, 2.24) is 4.57 Å². The molecule has 6 nitrogen and oxygen atoms in total. The van der Waals surface area contributed by atoms with Crippen molar-refractivity contribution in [3.05, 3.63) is 74.2 Å². The first-order chi connectivity index (χ1) is 14.1. The van der Waals surface area contributed by atoms with Gasteiger partial charge in [-0.3, -0.25) is 4.79 Å². The zero-order valence-electron chi connectivity index (χ0n) is 17.6. The molecule has 2 N–H and O–H groups in total. The fraction of sp³-hybridized carbons (Fsp3) is 0.333. The van der Waals surface area contributed by atoms with Crippen LogP contribution in [0.15, 0.2) is 40.8 Å². The summed E-state index contributed by atoms with van der Waals surface area (Å²) in [7, 11) is 1.63. The number of esters is 1. The van der Waals surface area contributed by atoms with E-state index in [2.05, 4.69) is 11.8 Å². The molecule has 1 aromatic heterocycles. The molecule has 1 aliphatic rings. The summed E-state index contributed by atoms with van der Waals surface area (Å²) in [6.07, 6.45) is 1.92. The Morgan fingerprint density at radius 1 is 1.27 bits per heavy atom. The summed E-state index contributed by atoms with van der Waals surface area (Å²) < 4.78 is 6.97. The molecule has 0 saturated carbocycles. The summed E-state index contributed by atoms with van der Waals surface area (Å²) in [6.45, 7) is 4.79. The van der Waals surface area contributed by atoms with E-state index in [1.807, 2.05) is 6.07 Å². The maximum absolute atomic E-state index is 13.0. The number of ether oxygens (including phenoxy) is 1. The third-order valence-corrected chi connectivity index (χ3v) is 4.95. The van der Waals surface area contributed by atoms with Crippen LogP contribution < -0.4 is 5.56 Å². The highest BCUT2D eigenvalue weighted by Crippen LogP contribution is 2.34. The molecule has 0 fully saturated rings. The molecule has 0 unspecified atom stereocenters. The Labute approximate surface area is 175 Å². The second-order valence-electron chi connectivity index (χ2n) is 7.96. The smallest absolute Gasteiger partial charge is 0.339 e. The van der Waals surface area contributed by atoms with E-state index in [-0.39, 0.29) is 18.8 Å². The lowest BCUT2D eigenvalue weighted by Gasteiger charge is -2.13. The molecule has 0 radical (unpaired) electrons. The summed E-state index contributed by atoms with van der Waals surface area (Å²) in [5.74, 6) is 5.12. The second kappa shape index (κ2) is 8.31. The number of aliphatic hydroxyl groups excluding tert-OH is 1. The van der Waals surface area contributed by atoms with Crippen LogP contribution in [-0.4, -0.2) is 26.4 Å². The van der Waals surface area contributed by atoms with Gasteiger partial charge in [0, 0.05) is 36.4 Å². The minimum absolute atomic E-state index is 0.0111. The number of hydrogen-bond acceptors (Lipinski definition) is 5. The van der Waals surface area contributed by atoms with Crippen molar-refractivity contribution in [1.29, 1.82) is 0 Å². The Balaban J connectivity index is 1.99. The summed E-state index contributed by atoms with van der Waals surface area (Å²) >= 11 is 0. The Bertz CT molecular complexity index is 1150. The van der Waals surface area contributed by atoms with Crippen LogP contribution >= 0.6 is 0 Å². The average molecular weight is 407 g/mol. The van der Waals surface area contributed by atoms with Gasteiger partial charge in [-0.05, 0) is 31.9 Å². The minimum atomic E-state index is -1.21. The molecule has 6 heteroatoms. The van der Waals surface area contributed by atoms with Crippen molar-refractivity contribution in [3.8, 4) is 11.8 Å². The van der Waals surface area contributed by atoms with Gasteiger partial charge < -0.3 is 19.5 Å². The number of hydrogen-bond donors (Lipinski definition) is 2. The Morgan fingerprint density at radius 3 is 2.57 bits per heavy atom. The molecule has 0 spiro atoms. The number of benzene rings is 1. The Hall–Kier alpha value is -3.14. The summed E-state index contributed by atoms with van der Waals surface area (Å²) in [6, 6.07) is 7.18. The fourth-order valence-corrected chi connectivity index (χ4v) is 3.48. The van der Waals surface area contributed by atoms with Crippen LogP contribution in [0.2, 0.25) is 0 Å². The number of aryl methyl sites for hydroxylation is 1. The van der Waals surface area contributed by atoms with Crippen LogP contribution in [0.3, 0.4) is 0 Å². The van der Waals surface area contributed by atoms with Gasteiger partial charge in [-0.15, -0.1) is 0 Å². The highest BCUT2D eigenvalue weighted by molar-refractivity contribution is 6.19. The largest absolute Gasteiger partial charge is 0.457 e. The molecule has 30 heavy (non-hydrogen) atoms. The van der Waals surface area contributed by atoms with Crippen LogP contribution in [0.5, 0.6) is 0 Å². The molecule has 0 aliphatic heterocycles. The Morgan fingerprint density at radius 2 is 1.93 bits per heavy atom. The van der Waals surface area contributed by atoms with Gasteiger partial charge in [0.15, 0.2) is 0 Å². The van der Waals surface area contributed by atoms with Crippen LogP contribution in [0.25, 0.3) is 5.57 Å². The molecule has 1 aromatic carbocycles. The van der Waals surface area contributed by atoms with Gasteiger partial charge in [0.1, 0.15) is 12.2 Å². The zero-order valence-corrected chi connectivity index (χ0v) is 17.6. The van der Waals surface area contributed by atoms with Gasteiger partial charge in [0.05, 0.1) is 12.2 Å². The number of rotatable bonds is 4. The number of aromatic nitrogens is 1. The quantitative estimate of drug-likeness (QED) is 0.598. The SMILES string of the molecule is CC1=C(C(=O)OCc2ccccc2CO)c2c(C#CC(C)(C)O)cn(C)c(=O)c2C1. The van der Waals surface area contributed by atoms with Crippen molar-refractivity contribution in [2.24, 2.45) is 7.05 Å². The lowest BCUT2D eigenvalue weighted by atomic mass is 10.00. The fourth-order valence-electron chi connectivity index (χ4n) is 3.48. The predicted octanol–water partition coefficient (Wildman–Crippen LogP) is 2.07. The highest BCUT2D eigenvalue weighted by atomic mass is 16.5. The van der Waals surface area contributed by atoms with Crippen molar-refractivity contribution < 1.29 is 19.7 Å². The summed E-state index contributed by atoms with van der Waals surface area (Å²) in [5.41, 5.74) is 2.55. The number of aliphatic hydroxyl groups is 2. The molecule has 156 valence electrons. The molecule has 0 saturated heterocycles. The number of nitrogens with zero attached hydrogens (tertiary/aromatic N) is 1. The molecule has 0 atom stereocenters. The van der Waals surface area contributed by atoms with E-state index >= 15 is 0 Å². The van der Waals surface area contributed by atoms with Gasteiger partial charge in [-0.25, -0.2) is 4.79 Å². The van der Waals surface area contributed by atoms with E-state index < -0.39 is 11.6 Å². The maximum Gasteiger partial charge on any atom is 0.339 e. The molecule has 2 aromatic rings. The van der Waals surface area contributed by atoms with E-state index in [0.29, 0.717) is 34.2 Å². The molecule has 1 aliphatic carbocycles. The summed E-state index contributed by atoms with van der Waals surface area (Å²) in [4.78, 5) is 25.6.